The molecule has 1 aliphatic heterocycles. The van der Waals surface area contributed by atoms with E-state index in [1.54, 1.807) is 37.4 Å². The number of benzene rings is 1. The molecule has 7 heteroatoms. The van der Waals surface area contributed by atoms with Crippen LogP contribution in [0.25, 0.3) is 0 Å². The number of ether oxygens (including phenoxy) is 1. The first-order valence-corrected chi connectivity index (χ1v) is 7.07. The van der Waals surface area contributed by atoms with Crippen LogP contribution in [0, 0.1) is 0 Å². The number of hydrogen-bond acceptors (Lipinski definition) is 3. The lowest BCUT2D eigenvalue weighted by Gasteiger charge is -2.31. The summed E-state index contributed by atoms with van der Waals surface area (Å²) < 4.78 is 44.7. The Morgan fingerprint density at radius 3 is 2.68 bits per heavy atom. The monoisotopic (exact) mass is 316 g/mol. The molecule has 0 spiro atoms. The Kier molecular flexibility index (Phi) is 5.42. The van der Waals surface area contributed by atoms with Crippen molar-refractivity contribution in [1.29, 1.82) is 0 Å². The van der Waals surface area contributed by atoms with Gasteiger partial charge in [-0.05, 0) is 12.6 Å². The summed E-state index contributed by atoms with van der Waals surface area (Å²) >= 11 is 0. The summed E-state index contributed by atoms with van der Waals surface area (Å²) in [6.07, 6.45) is -5.66. The van der Waals surface area contributed by atoms with Crippen molar-refractivity contribution in [1.82, 2.24) is 10.2 Å². The average Bonchev–Trinajstić information content (AvgIpc) is 2.46. The number of morpholine rings is 1. The molecule has 0 saturated carbocycles. The standard InChI is InChI=1S/C15H19F3N2O2/c1-20-7-8-22-12(10-20)14(21)19-13(15(16,17)18)9-11-5-3-2-4-6-11/h2-6,12-13H,7-10H2,1H3,(H,19,21)/t12-,13-/m1/s1. The Morgan fingerprint density at radius 1 is 1.41 bits per heavy atom. The Hall–Kier alpha value is -1.60. The van der Waals surface area contributed by atoms with E-state index in [1.807, 2.05) is 4.90 Å². The van der Waals surface area contributed by atoms with E-state index in [-0.39, 0.29) is 6.42 Å². The highest BCUT2D eigenvalue weighted by Gasteiger charge is 2.41. The SMILES string of the molecule is CN1CCO[C@@H](C(=O)N[C@H](Cc2ccccc2)C(F)(F)F)C1. The number of hydrogen-bond donors (Lipinski definition) is 1. The molecule has 1 saturated heterocycles. The van der Waals surface area contributed by atoms with Gasteiger partial charge in [0.2, 0.25) is 0 Å². The lowest BCUT2D eigenvalue weighted by molar-refractivity contribution is -0.166. The lowest BCUT2D eigenvalue weighted by Crippen LogP contribution is -2.54. The van der Waals surface area contributed by atoms with Crippen LogP contribution in [0.4, 0.5) is 13.2 Å². The zero-order valence-corrected chi connectivity index (χ0v) is 12.3. The second-order valence-electron chi connectivity index (χ2n) is 5.41. The lowest BCUT2D eigenvalue weighted by atomic mass is 10.1. The third kappa shape index (κ3) is 4.71. The third-order valence-electron chi connectivity index (χ3n) is 3.56. The van der Waals surface area contributed by atoms with Crippen LogP contribution in [0.3, 0.4) is 0 Å². The Bertz CT molecular complexity index is 493. The van der Waals surface area contributed by atoms with E-state index in [0.717, 1.165) is 0 Å². The smallest absolute Gasteiger partial charge is 0.366 e. The minimum absolute atomic E-state index is 0.293. The molecule has 4 nitrogen and oxygen atoms in total. The van der Waals surface area contributed by atoms with E-state index < -0.39 is 24.2 Å². The Labute approximate surface area is 127 Å². The molecule has 1 aromatic rings. The maximum absolute atomic E-state index is 13.1. The molecule has 0 aliphatic carbocycles. The quantitative estimate of drug-likeness (QED) is 0.917. The molecule has 1 aromatic carbocycles. The van der Waals surface area contributed by atoms with Crippen LogP contribution >= 0.6 is 0 Å². The molecular formula is C15H19F3N2O2. The first-order valence-electron chi connectivity index (χ1n) is 7.07. The molecule has 0 unspecified atom stereocenters. The second kappa shape index (κ2) is 7.11. The van der Waals surface area contributed by atoms with Crippen molar-refractivity contribution in [2.75, 3.05) is 26.7 Å². The van der Waals surface area contributed by atoms with Crippen molar-refractivity contribution in [2.24, 2.45) is 0 Å². The maximum Gasteiger partial charge on any atom is 0.408 e. The molecule has 0 radical (unpaired) electrons. The van der Waals surface area contributed by atoms with Crippen molar-refractivity contribution >= 4 is 5.91 Å². The molecule has 0 bridgehead atoms. The van der Waals surface area contributed by atoms with Crippen LogP contribution in [0.1, 0.15) is 5.56 Å². The van der Waals surface area contributed by atoms with E-state index in [1.165, 1.54) is 0 Å². The minimum Gasteiger partial charge on any atom is -0.366 e. The summed E-state index contributed by atoms with van der Waals surface area (Å²) in [4.78, 5) is 13.9. The maximum atomic E-state index is 13.1. The molecule has 2 rings (SSSR count). The van der Waals surface area contributed by atoms with Gasteiger partial charge in [-0.2, -0.15) is 13.2 Å². The molecule has 22 heavy (non-hydrogen) atoms. The molecule has 0 aromatic heterocycles. The van der Waals surface area contributed by atoms with E-state index in [2.05, 4.69) is 5.32 Å². The zero-order chi connectivity index (χ0) is 16.2. The second-order valence-corrected chi connectivity index (χ2v) is 5.41. The number of amides is 1. The minimum atomic E-state index is -4.51. The van der Waals surface area contributed by atoms with Gasteiger partial charge >= 0.3 is 6.18 Å². The van der Waals surface area contributed by atoms with Crippen LogP contribution in [0.15, 0.2) is 30.3 Å². The number of nitrogens with zero attached hydrogens (tertiary/aromatic N) is 1. The molecule has 122 valence electrons. The predicted octanol–water partition coefficient (Wildman–Crippen LogP) is 1.61. The summed E-state index contributed by atoms with van der Waals surface area (Å²) in [5, 5.41) is 2.08. The van der Waals surface area contributed by atoms with Crippen molar-refractivity contribution in [2.45, 2.75) is 24.7 Å². The fourth-order valence-corrected chi connectivity index (χ4v) is 2.30. The normalized spacial score (nSPS) is 21.4. The van der Waals surface area contributed by atoms with Gasteiger partial charge in [-0.15, -0.1) is 0 Å². The summed E-state index contributed by atoms with van der Waals surface area (Å²) in [6, 6.07) is 6.37. The Balaban J connectivity index is 2.02. The van der Waals surface area contributed by atoms with Crippen LogP contribution in [0.5, 0.6) is 0 Å². The number of carbonyl (C=O) groups is 1. The van der Waals surface area contributed by atoms with Gasteiger partial charge in [0.15, 0.2) is 0 Å². The highest BCUT2D eigenvalue weighted by atomic mass is 19.4. The summed E-state index contributed by atoms with van der Waals surface area (Å²) in [7, 11) is 1.80. The number of alkyl halides is 3. The molecule has 1 aliphatic rings. The van der Waals surface area contributed by atoms with Gasteiger partial charge in [-0.25, -0.2) is 0 Å². The number of halogens is 3. The predicted molar refractivity (Wildman–Crippen MR) is 75.4 cm³/mol. The fraction of sp³-hybridized carbons (Fsp3) is 0.533. The average molecular weight is 316 g/mol. The number of rotatable bonds is 4. The molecule has 1 N–H and O–H groups in total. The number of carbonyl (C=O) groups excluding carboxylic acids is 1. The molecule has 1 heterocycles. The highest BCUT2D eigenvalue weighted by molar-refractivity contribution is 5.81. The van der Waals surface area contributed by atoms with Crippen molar-refractivity contribution in [3.63, 3.8) is 0 Å². The molecule has 1 fully saturated rings. The van der Waals surface area contributed by atoms with Gasteiger partial charge in [-0.3, -0.25) is 4.79 Å². The van der Waals surface area contributed by atoms with Crippen LogP contribution < -0.4 is 5.32 Å². The molecule has 2 atom stereocenters. The van der Waals surface area contributed by atoms with Gasteiger partial charge < -0.3 is 15.0 Å². The van der Waals surface area contributed by atoms with Gasteiger partial charge in [-0.1, -0.05) is 30.3 Å². The first-order chi connectivity index (χ1) is 10.4. The van der Waals surface area contributed by atoms with Crippen molar-refractivity contribution in [3.05, 3.63) is 35.9 Å². The van der Waals surface area contributed by atoms with E-state index in [0.29, 0.717) is 25.3 Å². The summed E-state index contributed by atoms with van der Waals surface area (Å²) in [5.41, 5.74) is 0.520. The number of nitrogens with one attached hydrogen (secondary N) is 1. The third-order valence-corrected chi connectivity index (χ3v) is 3.56. The van der Waals surface area contributed by atoms with Gasteiger partial charge in [0.05, 0.1) is 6.61 Å². The van der Waals surface area contributed by atoms with Crippen molar-refractivity contribution < 1.29 is 22.7 Å². The van der Waals surface area contributed by atoms with E-state index >= 15 is 0 Å². The first kappa shape index (κ1) is 16.8. The van der Waals surface area contributed by atoms with E-state index in [4.69, 9.17) is 4.74 Å². The van der Waals surface area contributed by atoms with Crippen LogP contribution in [-0.2, 0) is 16.0 Å². The largest absolute Gasteiger partial charge is 0.408 e. The van der Waals surface area contributed by atoms with E-state index in [9.17, 15) is 18.0 Å². The van der Waals surface area contributed by atoms with Gasteiger partial charge in [0.25, 0.3) is 5.91 Å². The molecule has 1 amide bonds. The van der Waals surface area contributed by atoms with Gasteiger partial charge in [0, 0.05) is 19.5 Å². The van der Waals surface area contributed by atoms with Crippen molar-refractivity contribution in [3.8, 4) is 0 Å². The number of likely N-dealkylation sites (N-methyl/N-ethyl adjacent to an activating group) is 1. The van der Waals surface area contributed by atoms with Crippen LogP contribution in [-0.4, -0.2) is 55.9 Å². The van der Waals surface area contributed by atoms with Crippen LogP contribution in [0.2, 0.25) is 0 Å². The van der Waals surface area contributed by atoms with Gasteiger partial charge in [0.1, 0.15) is 12.1 Å². The fourth-order valence-electron chi connectivity index (χ4n) is 2.30. The topological polar surface area (TPSA) is 41.6 Å². The Morgan fingerprint density at radius 2 is 2.09 bits per heavy atom. The summed E-state index contributed by atoms with van der Waals surface area (Å²) in [5.74, 6) is -0.718. The molecular weight excluding hydrogens is 297 g/mol. The highest BCUT2D eigenvalue weighted by Crippen LogP contribution is 2.23. The zero-order valence-electron chi connectivity index (χ0n) is 12.3. The summed E-state index contributed by atoms with van der Waals surface area (Å²) in [6.45, 7) is 1.29.